The summed E-state index contributed by atoms with van der Waals surface area (Å²) in [5, 5.41) is 12.1. The van der Waals surface area contributed by atoms with Crippen molar-refractivity contribution in [1.29, 1.82) is 0 Å². The fraction of sp³-hybridized carbons (Fsp3) is 0.545. The fourth-order valence-corrected chi connectivity index (χ4v) is 4.35. The van der Waals surface area contributed by atoms with E-state index in [-0.39, 0.29) is 11.6 Å². The van der Waals surface area contributed by atoms with Gasteiger partial charge in [0.2, 0.25) is 0 Å². The first-order valence-corrected chi connectivity index (χ1v) is 10.7. The Labute approximate surface area is 190 Å². The number of methoxy groups -OCH3 is 1. The number of benzene rings is 1. The maximum absolute atomic E-state index is 12.9. The van der Waals surface area contributed by atoms with Gasteiger partial charge in [-0.3, -0.25) is 0 Å². The molecule has 2 aromatic rings. The molecule has 3 heterocycles. The lowest BCUT2D eigenvalue weighted by Crippen LogP contribution is -2.36. The number of aromatic nitrogens is 2. The molecule has 2 N–H and O–H groups in total. The first-order chi connectivity index (χ1) is 15.6. The van der Waals surface area contributed by atoms with Crippen LogP contribution in [0.5, 0.6) is 5.75 Å². The van der Waals surface area contributed by atoms with Crippen molar-refractivity contribution in [3.63, 3.8) is 0 Å². The smallest absolute Gasteiger partial charge is 0.405 e. The number of hydrogen-bond donors (Lipinski definition) is 2. The number of anilines is 4. The van der Waals surface area contributed by atoms with E-state index in [0.29, 0.717) is 36.9 Å². The van der Waals surface area contributed by atoms with E-state index >= 15 is 0 Å². The number of fused-ring (bicyclic) bond motifs is 1. The Morgan fingerprint density at radius 1 is 1.21 bits per heavy atom. The van der Waals surface area contributed by atoms with Crippen molar-refractivity contribution in [2.75, 3.05) is 61.6 Å². The SMILES string of the molecule is COc1cc(N2CCOCC2)ccc1N1CC(C)(C)c2c(NCC(F)(F)F)nc(CO)nc21. The second-order valence-corrected chi connectivity index (χ2v) is 8.74. The molecule has 0 saturated carbocycles. The quantitative estimate of drug-likeness (QED) is 0.670. The average Bonchev–Trinajstić information content (AvgIpc) is 3.07. The van der Waals surface area contributed by atoms with Gasteiger partial charge in [0, 0.05) is 42.4 Å². The van der Waals surface area contributed by atoms with E-state index in [0.717, 1.165) is 24.5 Å². The van der Waals surface area contributed by atoms with Crippen LogP contribution in [0.15, 0.2) is 18.2 Å². The van der Waals surface area contributed by atoms with E-state index in [1.807, 2.05) is 36.9 Å². The molecule has 11 heteroatoms. The monoisotopic (exact) mass is 467 g/mol. The number of nitrogens with zero attached hydrogens (tertiary/aromatic N) is 4. The zero-order chi connectivity index (χ0) is 23.8. The molecule has 4 rings (SSSR count). The summed E-state index contributed by atoms with van der Waals surface area (Å²) in [6, 6.07) is 5.87. The van der Waals surface area contributed by atoms with Gasteiger partial charge < -0.3 is 29.7 Å². The number of rotatable bonds is 6. The minimum atomic E-state index is -4.40. The van der Waals surface area contributed by atoms with Crippen molar-refractivity contribution in [3.05, 3.63) is 29.6 Å². The summed E-state index contributed by atoms with van der Waals surface area (Å²) in [5.41, 5.74) is 1.77. The molecule has 1 aromatic heterocycles. The molecule has 1 aromatic carbocycles. The molecule has 0 bridgehead atoms. The highest BCUT2D eigenvalue weighted by atomic mass is 19.4. The van der Waals surface area contributed by atoms with Gasteiger partial charge >= 0.3 is 6.18 Å². The van der Waals surface area contributed by atoms with Crippen LogP contribution < -0.4 is 19.9 Å². The predicted molar refractivity (Wildman–Crippen MR) is 119 cm³/mol. The van der Waals surface area contributed by atoms with E-state index in [4.69, 9.17) is 9.47 Å². The first kappa shape index (κ1) is 23.4. The lowest BCUT2D eigenvalue weighted by atomic mass is 9.88. The first-order valence-electron chi connectivity index (χ1n) is 10.7. The Kier molecular flexibility index (Phi) is 6.28. The molecule has 2 aliphatic heterocycles. The number of halogens is 3. The summed E-state index contributed by atoms with van der Waals surface area (Å²) < 4.78 is 49.8. The minimum Gasteiger partial charge on any atom is -0.494 e. The molecular formula is C22H28F3N5O3. The molecule has 0 atom stereocenters. The lowest BCUT2D eigenvalue weighted by molar-refractivity contribution is -0.115. The molecular weight excluding hydrogens is 439 g/mol. The van der Waals surface area contributed by atoms with Gasteiger partial charge in [0.15, 0.2) is 5.82 Å². The van der Waals surface area contributed by atoms with E-state index < -0.39 is 24.7 Å². The van der Waals surface area contributed by atoms with Gasteiger partial charge in [-0.25, -0.2) is 9.97 Å². The topological polar surface area (TPSA) is 83.0 Å². The van der Waals surface area contributed by atoms with Crippen molar-refractivity contribution in [2.45, 2.75) is 32.0 Å². The minimum absolute atomic E-state index is 0.0463. The molecule has 1 fully saturated rings. The Balaban J connectivity index is 1.75. The second kappa shape index (κ2) is 8.86. The highest BCUT2D eigenvalue weighted by Crippen LogP contribution is 2.49. The molecule has 33 heavy (non-hydrogen) atoms. The highest BCUT2D eigenvalue weighted by Gasteiger charge is 2.42. The Bertz CT molecular complexity index is 1010. The Morgan fingerprint density at radius 3 is 2.58 bits per heavy atom. The van der Waals surface area contributed by atoms with Crippen LogP contribution in [0.2, 0.25) is 0 Å². The van der Waals surface area contributed by atoms with Gasteiger partial charge in [-0.2, -0.15) is 13.2 Å². The molecule has 0 radical (unpaired) electrons. The number of morpholine rings is 1. The number of aliphatic hydroxyl groups excluding tert-OH is 1. The van der Waals surface area contributed by atoms with E-state index in [1.54, 1.807) is 7.11 Å². The summed E-state index contributed by atoms with van der Waals surface area (Å²) >= 11 is 0. The van der Waals surface area contributed by atoms with Crippen molar-refractivity contribution < 1.29 is 27.8 Å². The van der Waals surface area contributed by atoms with Gasteiger partial charge in [-0.1, -0.05) is 13.8 Å². The molecule has 2 aliphatic rings. The van der Waals surface area contributed by atoms with Crippen LogP contribution in [0.1, 0.15) is 25.2 Å². The van der Waals surface area contributed by atoms with Crippen LogP contribution in [0.3, 0.4) is 0 Å². The molecule has 0 amide bonds. The van der Waals surface area contributed by atoms with Crippen LogP contribution >= 0.6 is 0 Å². The third-order valence-corrected chi connectivity index (χ3v) is 5.85. The van der Waals surface area contributed by atoms with E-state index in [2.05, 4.69) is 20.2 Å². The van der Waals surface area contributed by atoms with Crippen molar-refractivity contribution in [2.24, 2.45) is 0 Å². The number of hydrogen-bond acceptors (Lipinski definition) is 8. The molecule has 8 nitrogen and oxygen atoms in total. The van der Waals surface area contributed by atoms with E-state index in [9.17, 15) is 18.3 Å². The Morgan fingerprint density at radius 2 is 1.94 bits per heavy atom. The summed E-state index contributed by atoms with van der Waals surface area (Å²) in [5.74, 6) is 1.21. The summed E-state index contributed by atoms with van der Waals surface area (Å²) in [7, 11) is 1.58. The maximum atomic E-state index is 12.9. The highest BCUT2D eigenvalue weighted by molar-refractivity contribution is 5.79. The van der Waals surface area contributed by atoms with Crippen LogP contribution in [0.4, 0.5) is 36.2 Å². The van der Waals surface area contributed by atoms with Gasteiger partial charge in [-0.05, 0) is 12.1 Å². The third-order valence-electron chi connectivity index (χ3n) is 5.85. The van der Waals surface area contributed by atoms with Gasteiger partial charge in [0.25, 0.3) is 0 Å². The number of aliphatic hydroxyl groups is 1. The zero-order valence-corrected chi connectivity index (χ0v) is 18.9. The molecule has 180 valence electrons. The number of nitrogens with one attached hydrogen (secondary N) is 1. The van der Waals surface area contributed by atoms with E-state index in [1.165, 1.54) is 0 Å². The zero-order valence-electron chi connectivity index (χ0n) is 18.9. The van der Waals surface area contributed by atoms with Crippen LogP contribution in [0, 0.1) is 0 Å². The molecule has 0 aliphatic carbocycles. The average molecular weight is 467 g/mol. The van der Waals surface area contributed by atoms with Crippen LogP contribution in [-0.2, 0) is 16.8 Å². The molecule has 0 unspecified atom stereocenters. The van der Waals surface area contributed by atoms with Gasteiger partial charge in [0.05, 0.1) is 26.0 Å². The van der Waals surface area contributed by atoms with Crippen molar-refractivity contribution in [3.8, 4) is 5.75 Å². The lowest BCUT2D eigenvalue weighted by Gasteiger charge is -2.30. The second-order valence-electron chi connectivity index (χ2n) is 8.74. The summed E-state index contributed by atoms with van der Waals surface area (Å²) in [6.45, 7) is 5.48. The van der Waals surface area contributed by atoms with Crippen LogP contribution in [-0.4, -0.2) is 67.8 Å². The normalized spacial score (nSPS) is 17.8. The van der Waals surface area contributed by atoms with Crippen LogP contribution in [0.25, 0.3) is 0 Å². The van der Waals surface area contributed by atoms with Crippen molar-refractivity contribution in [1.82, 2.24) is 9.97 Å². The largest absolute Gasteiger partial charge is 0.494 e. The fourth-order valence-electron chi connectivity index (χ4n) is 4.35. The third kappa shape index (κ3) is 4.79. The van der Waals surface area contributed by atoms with Crippen molar-refractivity contribution >= 4 is 23.0 Å². The van der Waals surface area contributed by atoms with Gasteiger partial charge in [-0.15, -0.1) is 0 Å². The number of alkyl halides is 3. The molecule has 1 saturated heterocycles. The Hall–Kier alpha value is -2.79. The summed E-state index contributed by atoms with van der Waals surface area (Å²) in [6.07, 6.45) is -4.40. The standard InChI is InChI=1S/C22H28F3N5O3/c1-21(2)13-30(15-5-4-14(10-16(15)32-3)29-6-8-33-9-7-29)20-18(21)19(26-12-22(23,24)25)27-17(11-31)28-20/h4-5,10,31H,6-9,11-13H2,1-3H3,(H,26,27,28). The van der Waals surface area contributed by atoms with Gasteiger partial charge in [0.1, 0.15) is 30.5 Å². The summed E-state index contributed by atoms with van der Waals surface area (Å²) in [4.78, 5) is 12.8. The maximum Gasteiger partial charge on any atom is 0.405 e. The molecule has 0 spiro atoms. The predicted octanol–water partition coefficient (Wildman–Crippen LogP) is 3.22. The number of ether oxygens (including phenoxy) is 2.